The van der Waals surface area contributed by atoms with Crippen molar-refractivity contribution in [1.82, 2.24) is 30.3 Å². The number of carbonyl (C=O) groups excluding carboxylic acids is 5. The van der Waals surface area contributed by atoms with E-state index in [0.717, 1.165) is 76.7 Å². The highest BCUT2D eigenvalue weighted by atomic mass is 19.3. The van der Waals surface area contributed by atoms with Crippen LogP contribution in [0.25, 0.3) is 22.3 Å². The molecule has 5 amide bonds. The van der Waals surface area contributed by atoms with Crippen LogP contribution in [0.5, 0.6) is 0 Å². The third kappa shape index (κ3) is 4.69. The van der Waals surface area contributed by atoms with Gasteiger partial charge in [-0.2, -0.15) is 5.10 Å². The van der Waals surface area contributed by atoms with E-state index < -0.39 is 46.9 Å². The molecular formula is C39H38F2N8O5. The molecule has 1 saturated carbocycles. The molecular weight excluding hydrogens is 698 g/mol. The summed E-state index contributed by atoms with van der Waals surface area (Å²) >= 11 is 0. The molecule has 15 heteroatoms. The van der Waals surface area contributed by atoms with Gasteiger partial charge in [0.15, 0.2) is 0 Å². The van der Waals surface area contributed by atoms with Crippen LogP contribution in [0, 0.1) is 16.7 Å². The number of fused-ring (bicyclic) bond motifs is 4. The largest absolute Gasteiger partial charge is 0.371 e. The standard InChI is InChI=1S/C39H38F2N8O5/c1-37-15-28-25(14-30(37)39(37,40)41)33(45-44-28)27-11-20-3-4-21(13-26(20)42-27)46(2)32(51)16-47-17-38(18-47)9-10-48(19-38)22-5-6-23-24(12-22)36(54)49(35(23)53)29-7-8-31(50)43-34(29)52/h3-6,11-13,29-30,42H,7-10,14-19H2,1-2H3,(H,44,45)(H,43,50,52)/t29?,30-,37+/m0/s1. The molecule has 4 fully saturated rings. The van der Waals surface area contributed by atoms with E-state index >= 15 is 0 Å². The van der Waals surface area contributed by atoms with Gasteiger partial charge in [0.05, 0.1) is 23.4 Å². The first kappa shape index (κ1) is 33.2. The van der Waals surface area contributed by atoms with Crippen molar-refractivity contribution in [2.45, 2.75) is 51.0 Å². The number of rotatable bonds is 6. The lowest BCUT2D eigenvalue weighted by molar-refractivity contribution is -0.136. The molecule has 4 aromatic rings. The number of halogens is 2. The van der Waals surface area contributed by atoms with Crippen LogP contribution >= 0.6 is 0 Å². The number of nitrogens with zero attached hydrogens (tertiary/aromatic N) is 5. The van der Waals surface area contributed by atoms with Crippen molar-refractivity contribution >= 4 is 51.8 Å². The maximum atomic E-state index is 14.5. The molecule has 2 aromatic carbocycles. The van der Waals surface area contributed by atoms with E-state index in [9.17, 15) is 32.8 Å². The van der Waals surface area contributed by atoms with Crippen LogP contribution in [0.4, 0.5) is 20.2 Å². The molecule has 3 atom stereocenters. The lowest BCUT2D eigenvalue weighted by Gasteiger charge is -2.48. The zero-order chi connectivity index (χ0) is 37.5. The highest BCUT2D eigenvalue weighted by Gasteiger charge is 2.78. The van der Waals surface area contributed by atoms with Crippen LogP contribution in [-0.4, -0.2) is 106 Å². The Hall–Kier alpha value is -5.44. The topological polar surface area (TPSA) is 155 Å². The number of benzene rings is 2. The zero-order valence-electron chi connectivity index (χ0n) is 29.8. The first-order valence-corrected chi connectivity index (χ1v) is 18.4. The van der Waals surface area contributed by atoms with Crippen molar-refractivity contribution in [2.24, 2.45) is 16.7 Å². The van der Waals surface area contributed by atoms with Crippen molar-refractivity contribution in [3.8, 4) is 11.4 Å². The predicted octanol–water partition coefficient (Wildman–Crippen LogP) is 3.50. The molecule has 278 valence electrons. The minimum absolute atomic E-state index is 0.00942. The van der Waals surface area contributed by atoms with Gasteiger partial charge in [-0.15, -0.1) is 0 Å². The molecule has 6 aliphatic rings. The molecule has 0 bridgehead atoms. The smallest absolute Gasteiger partial charge is 0.262 e. The number of nitrogens with one attached hydrogen (secondary N) is 3. The quantitative estimate of drug-likeness (QED) is 0.254. The molecule has 2 aliphatic carbocycles. The molecule has 13 nitrogen and oxygen atoms in total. The van der Waals surface area contributed by atoms with Crippen molar-refractivity contribution in [3.05, 3.63) is 64.8 Å². The van der Waals surface area contributed by atoms with E-state index in [2.05, 4.69) is 30.3 Å². The lowest BCUT2D eigenvalue weighted by Crippen LogP contribution is -2.59. The van der Waals surface area contributed by atoms with Gasteiger partial charge in [-0.1, -0.05) is 13.0 Å². The number of amides is 5. The minimum atomic E-state index is -2.66. The Kier molecular flexibility index (Phi) is 6.79. The van der Waals surface area contributed by atoms with E-state index in [4.69, 9.17) is 0 Å². The number of likely N-dealkylation sites (tertiary alicyclic amines) is 1. The summed E-state index contributed by atoms with van der Waals surface area (Å²) in [4.78, 5) is 74.4. The summed E-state index contributed by atoms with van der Waals surface area (Å²) in [6.07, 6.45) is 1.68. The Morgan fingerprint density at radius 3 is 2.61 bits per heavy atom. The van der Waals surface area contributed by atoms with Gasteiger partial charge in [0.25, 0.3) is 17.7 Å². The van der Waals surface area contributed by atoms with Crippen LogP contribution in [0.3, 0.4) is 0 Å². The van der Waals surface area contributed by atoms with Gasteiger partial charge >= 0.3 is 0 Å². The highest BCUT2D eigenvalue weighted by molar-refractivity contribution is 6.23. The highest BCUT2D eigenvalue weighted by Crippen LogP contribution is 2.70. The molecule has 1 unspecified atom stereocenters. The molecule has 3 saturated heterocycles. The first-order valence-electron chi connectivity index (χ1n) is 18.4. The number of hydrogen-bond acceptors (Lipinski definition) is 8. The van der Waals surface area contributed by atoms with Crippen LogP contribution in [-0.2, 0) is 27.2 Å². The van der Waals surface area contributed by atoms with Gasteiger partial charge in [0, 0.05) is 96.4 Å². The fraction of sp³-hybridized carbons (Fsp3) is 0.436. The summed E-state index contributed by atoms with van der Waals surface area (Å²) in [5, 5.41) is 10.7. The van der Waals surface area contributed by atoms with Gasteiger partial charge in [0.2, 0.25) is 17.7 Å². The summed E-state index contributed by atoms with van der Waals surface area (Å²) in [6, 6.07) is 11.9. The third-order valence-corrected chi connectivity index (χ3v) is 13.1. The molecule has 1 spiro atoms. The molecule has 4 aliphatic heterocycles. The van der Waals surface area contributed by atoms with E-state index in [1.54, 1.807) is 31.0 Å². The van der Waals surface area contributed by atoms with Crippen LogP contribution < -0.4 is 15.1 Å². The molecule has 6 heterocycles. The number of aromatic amines is 2. The van der Waals surface area contributed by atoms with Gasteiger partial charge in [0.1, 0.15) is 11.7 Å². The number of likely N-dealkylation sites (N-methyl/N-ethyl adjacent to an activating group) is 1. The number of imide groups is 2. The second kappa shape index (κ2) is 11.1. The zero-order valence-corrected chi connectivity index (χ0v) is 29.8. The molecule has 2 aromatic heterocycles. The first-order chi connectivity index (χ1) is 25.7. The molecule has 54 heavy (non-hydrogen) atoms. The van der Waals surface area contributed by atoms with E-state index in [1.807, 2.05) is 30.3 Å². The molecule has 0 radical (unpaired) electrons. The Labute approximate surface area is 308 Å². The van der Waals surface area contributed by atoms with Crippen LogP contribution in [0.1, 0.15) is 58.2 Å². The Morgan fingerprint density at radius 1 is 1.02 bits per heavy atom. The molecule has 10 rings (SSSR count). The third-order valence-electron chi connectivity index (χ3n) is 13.1. The van der Waals surface area contributed by atoms with Gasteiger partial charge in [-0.05, 0) is 55.7 Å². The number of hydrogen-bond donors (Lipinski definition) is 3. The number of anilines is 2. The molecule has 3 N–H and O–H groups in total. The van der Waals surface area contributed by atoms with E-state index in [0.29, 0.717) is 12.1 Å². The maximum absolute atomic E-state index is 14.5. The van der Waals surface area contributed by atoms with Crippen LogP contribution in [0.2, 0.25) is 0 Å². The van der Waals surface area contributed by atoms with Gasteiger partial charge in [-0.3, -0.25) is 44.2 Å². The van der Waals surface area contributed by atoms with Crippen molar-refractivity contribution in [2.75, 3.05) is 49.6 Å². The Morgan fingerprint density at radius 2 is 1.81 bits per heavy atom. The van der Waals surface area contributed by atoms with Gasteiger partial charge in [-0.25, -0.2) is 8.78 Å². The number of H-pyrrole nitrogens is 2. The lowest BCUT2D eigenvalue weighted by atomic mass is 9.79. The normalized spacial score (nSPS) is 26.5. The monoisotopic (exact) mass is 736 g/mol. The van der Waals surface area contributed by atoms with Crippen molar-refractivity contribution < 1.29 is 32.8 Å². The Bertz CT molecular complexity index is 2360. The second-order valence-electron chi connectivity index (χ2n) is 16.4. The second-order valence-corrected chi connectivity index (χ2v) is 16.4. The summed E-state index contributed by atoms with van der Waals surface area (Å²) in [7, 11) is 1.76. The summed E-state index contributed by atoms with van der Waals surface area (Å²) in [5.41, 5.74) is 4.98. The Balaban J connectivity index is 0.767. The van der Waals surface area contributed by atoms with E-state index in [-0.39, 0.29) is 48.3 Å². The predicted molar refractivity (Wildman–Crippen MR) is 192 cm³/mol. The minimum Gasteiger partial charge on any atom is -0.371 e. The maximum Gasteiger partial charge on any atom is 0.262 e. The number of alkyl halides is 2. The van der Waals surface area contributed by atoms with Crippen LogP contribution in [0.15, 0.2) is 42.5 Å². The summed E-state index contributed by atoms with van der Waals surface area (Å²) < 4.78 is 29.0. The van der Waals surface area contributed by atoms with Crippen molar-refractivity contribution in [3.63, 3.8) is 0 Å². The SMILES string of the molecule is CN(C(=O)CN1CC2(CCN(c3ccc4c(c3)C(=O)N(C3CCC(=O)NC3=O)C4=O)C2)C1)c1ccc2cc(-c3n[nH]c4c3C[C@@H]3C(F)(F)[C@]3(C)C4)[nH]c2c1. The fourth-order valence-electron chi connectivity index (χ4n) is 9.81. The average Bonchev–Trinajstić information content (AvgIpc) is 3.77. The number of aromatic nitrogens is 3. The van der Waals surface area contributed by atoms with E-state index in [1.165, 1.54) is 0 Å². The van der Waals surface area contributed by atoms with Gasteiger partial charge < -0.3 is 14.8 Å². The summed E-state index contributed by atoms with van der Waals surface area (Å²) in [5.74, 6) is -5.45. The number of carbonyl (C=O) groups is 5. The number of piperidine rings is 1. The summed E-state index contributed by atoms with van der Waals surface area (Å²) in [6.45, 7) is 4.95. The van der Waals surface area contributed by atoms with Crippen molar-refractivity contribution in [1.29, 1.82) is 0 Å². The average molecular weight is 737 g/mol. The fourth-order valence-corrected chi connectivity index (χ4v) is 9.81.